The van der Waals surface area contributed by atoms with Gasteiger partial charge in [0.05, 0.1) is 12.6 Å². The molecule has 11 nitrogen and oxygen atoms in total. The molecule has 3 amide bonds. The normalized spacial score (nSPS) is 29.6. The van der Waals surface area contributed by atoms with Crippen LogP contribution in [0.3, 0.4) is 0 Å². The lowest BCUT2D eigenvalue weighted by Crippen LogP contribution is -2.50. The lowest BCUT2D eigenvalue weighted by atomic mass is 10.0. The molecule has 3 N–H and O–H groups in total. The minimum atomic E-state index is -4.80. The molecule has 0 spiro atoms. The van der Waals surface area contributed by atoms with Gasteiger partial charge < -0.3 is 10.2 Å². The first-order valence-electron chi connectivity index (χ1n) is 8.77. The van der Waals surface area contributed by atoms with Gasteiger partial charge in [0.2, 0.25) is 0 Å². The maximum atomic E-state index is 12.4. The summed E-state index contributed by atoms with van der Waals surface area (Å²) in [5.41, 5.74) is 2.39. The third-order valence-electron chi connectivity index (χ3n) is 4.92. The van der Waals surface area contributed by atoms with E-state index in [0.717, 1.165) is 25.8 Å². The van der Waals surface area contributed by atoms with Crippen LogP contribution in [-0.2, 0) is 24.3 Å². The van der Waals surface area contributed by atoms with E-state index in [1.54, 1.807) is 0 Å². The minimum Gasteiger partial charge on any atom is -0.312 e. The standard InChI is InChI=1S/C14H24N4O7S/c19-13(16-24-9-10-4-2-1-3-7-15-10)12-6-5-11-8-17(12)14(20)18(11)25-26(21,22)23/h10-12,15H,1-9H2,(H,16,19)(H,21,22,23)/t10?,11-,12+/m1/s1. The number of urea groups is 1. The van der Waals surface area contributed by atoms with Gasteiger partial charge in [-0.25, -0.2) is 10.3 Å². The van der Waals surface area contributed by atoms with Crippen molar-refractivity contribution in [3.8, 4) is 0 Å². The highest BCUT2D eigenvalue weighted by Gasteiger charge is 2.49. The van der Waals surface area contributed by atoms with Crippen LogP contribution in [-0.4, -0.2) is 72.7 Å². The van der Waals surface area contributed by atoms with E-state index in [-0.39, 0.29) is 12.6 Å². The molecule has 3 heterocycles. The molecule has 3 fully saturated rings. The topological polar surface area (TPSA) is 138 Å². The van der Waals surface area contributed by atoms with Gasteiger partial charge in [-0.1, -0.05) is 12.8 Å². The first-order chi connectivity index (χ1) is 12.3. The molecule has 1 unspecified atom stereocenters. The Kier molecular flexibility index (Phi) is 5.97. The minimum absolute atomic E-state index is 0.149. The predicted octanol–water partition coefficient (Wildman–Crippen LogP) is -0.431. The van der Waals surface area contributed by atoms with E-state index < -0.39 is 34.4 Å². The highest BCUT2D eigenvalue weighted by Crippen LogP contribution is 2.30. The molecular weight excluding hydrogens is 368 g/mol. The number of piperidine rings is 1. The Bertz CT molecular complexity index is 635. The number of nitrogens with zero attached hydrogens (tertiary/aromatic N) is 2. The van der Waals surface area contributed by atoms with E-state index >= 15 is 0 Å². The van der Waals surface area contributed by atoms with Crippen LogP contribution >= 0.6 is 0 Å². The third kappa shape index (κ3) is 4.62. The Hall–Kier alpha value is -1.47. The molecule has 0 aliphatic carbocycles. The highest BCUT2D eigenvalue weighted by molar-refractivity contribution is 7.80. The highest BCUT2D eigenvalue weighted by atomic mass is 32.3. The van der Waals surface area contributed by atoms with Gasteiger partial charge in [-0.05, 0) is 32.2 Å². The summed E-state index contributed by atoms with van der Waals surface area (Å²) in [7, 11) is -4.80. The number of carbonyl (C=O) groups is 2. The van der Waals surface area contributed by atoms with Crippen molar-refractivity contribution in [2.24, 2.45) is 0 Å². The number of hydrogen-bond acceptors (Lipinski definition) is 7. The second-order valence-corrected chi connectivity index (χ2v) is 7.79. The van der Waals surface area contributed by atoms with E-state index in [9.17, 15) is 18.0 Å². The van der Waals surface area contributed by atoms with Gasteiger partial charge in [0.1, 0.15) is 6.04 Å². The number of nitrogens with one attached hydrogen (secondary N) is 2. The molecule has 148 valence electrons. The van der Waals surface area contributed by atoms with E-state index in [1.807, 2.05) is 0 Å². The molecule has 3 saturated heterocycles. The Morgan fingerprint density at radius 2 is 2.08 bits per heavy atom. The van der Waals surface area contributed by atoms with Gasteiger partial charge in [0.15, 0.2) is 0 Å². The van der Waals surface area contributed by atoms with E-state index in [4.69, 9.17) is 9.39 Å². The summed E-state index contributed by atoms with van der Waals surface area (Å²) in [6, 6.07) is -1.88. The lowest BCUT2D eigenvalue weighted by Gasteiger charge is -2.29. The number of rotatable bonds is 6. The number of carbonyl (C=O) groups excluding carboxylic acids is 2. The van der Waals surface area contributed by atoms with Gasteiger partial charge in [-0.2, -0.15) is 13.5 Å². The summed E-state index contributed by atoms with van der Waals surface area (Å²) >= 11 is 0. The molecule has 26 heavy (non-hydrogen) atoms. The number of hydrogen-bond donors (Lipinski definition) is 3. The SMILES string of the molecule is O=C(NOCC1CCCCCN1)[C@@H]1CC[C@@H]2CN1C(=O)N2OS(=O)(=O)O. The van der Waals surface area contributed by atoms with Crippen LogP contribution < -0.4 is 10.8 Å². The zero-order valence-electron chi connectivity index (χ0n) is 14.3. The van der Waals surface area contributed by atoms with Crippen molar-refractivity contribution < 1.29 is 31.7 Å². The van der Waals surface area contributed by atoms with Gasteiger partial charge in [-0.15, -0.1) is 4.28 Å². The van der Waals surface area contributed by atoms with Crippen LogP contribution in [0.25, 0.3) is 0 Å². The summed E-state index contributed by atoms with van der Waals surface area (Å²) in [5.74, 6) is -0.459. The van der Waals surface area contributed by atoms with Crippen LogP contribution in [0.15, 0.2) is 0 Å². The number of amides is 3. The second-order valence-electron chi connectivity index (χ2n) is 6.79. The lowest BCUT2D eigenvalue weighted by molar-refractivity contribution is -0.139. The molecule has 2 bridgehead atoms. The van der Waals surface area contributed by atoms with Crippen molar-refractivity contribution in [3.05, 3.63) is 0 Å². The fourth-order valence-corrected chi connectivity index (χ4v) is 4.02. The molecule has 3 aliphatic rings. The maximum Gasteiger partial charge on any atom is 0.418 e. The van der Waals surface area contributed by atoms with Crippen molar-refractivity contribution in [1.29, 1.82) is 0 Å². The zero-order valence-corrected chi connectivity index (χ0v) is 15.1. The predicted molar refractivity (Wildman–Crippen MR) is 87.7 cm³/mol. The van der Waals surface area contributed by atoms with Crippen molar-refractivity contribution in [1.82, 2.24) is 20.8 Å². The Morgan fingerprint density at radius 1 is 1.27 bits per heavy atom. The number of hydroxylamine groups is 3. The summed E-state index contributed by atoms with van der Waals surface area (Å²) in [6.07, 6.45) is 5.13. The van der Waals surface area contributed by atoms with Crippen molar-refractivity contribution in [2.75, 3.05) is 19.7 Å². The molecule has 12 heteroatoms. The molecule has 3 atom stereocenters. The van der Waals surface area contributed by atoms with Crippen LogP contribution in [0.4, 0.5) is 4.79 Å². The zero-order chi connectivity index (χ0) is 18.7. The summed E-state index contributed by atoms with van der Waals surface area (Å²) in [6.45, 7) is 1.42. The average Bonchev–Trinajstić information content (AvgIpc) is 2.78. The monoisotopic (exact) mass is 392 g/mol. The smallest absolute Gasteiger partial charge is 0.312 e. The average molecular weight is 392 g/mol. The van der Waals surface area contributed by atoms with E-state index in [2.05, 4.69) is 15.1 Å². The molecule has 0 saturated carbocycles. The maximum absolute atomic E-state index is 12.4. The molecule has 0 aromatic rings. The first kappa shape index (κ1) is 19.3. The summed E-state index contributed by atoms with van der Waals surface area (Å²) in [4.78, 5) is 31.2. The third-order valence-corrected chi connectivity index (χ3v) is 5.27. The van der Waals surface area contributed by atoms with Crippen LogP contribution in [0, 0.1) is 0 Å². The van der Waals surface area contributed by atoms with Gasteiger partial charge in [0, 0.05) is 12.6 Å². The first-order valence-corrected chi connectivity index (χ1v) is 10.1. The van der Waals surface area contributed by atoms with Crippen LogP contribution in [0.5, 0.6) is 0 Å². The van der Waals surface area contributed by atoms with Gasteiger partial charge in [0.25, 0.3) is 5.91 Å². The Morgan fingerprint density at radius 3 is 2.85 bits per heavy atom. The van der Waals surface area contributed by atoms with E-state index in [0.29, 0.717) is 24.5 Å². The fourth-order valence-electron chi connectivity index (χ4n) is 3.63. The van der Waals surface area contributed by atoms with E-state index in [1.165, 1.54) is 11.3 Å². The number of fused-ring (bicyclic) bond motifs is 2. The largest absolute Gasteiger partial charge is 0.418 e. The molecule has 0 aromatic carbocycles. The van der Waals surface area contributed by atoms with Crippen LogP contribution in [0.2, 0.25) is 0 Å². The second kappa shape index (κ2) is 8.05. The van der Waals surface area contributed by atoms with Crippen molar-refractivity contribution >= 4 is 22.3 Å². The summed E-state index contributed by atoms with van der Waals surface area (Å²) in [5, 5.41) is 3.96. The van der Waals surface area contributed by atoms with Gasteiger partial charge >= 0.3 is 16.4 Å². The van der Waals surface area contributed by atoms with Crippen molar-refractivity contribution in [3.63, 3.8) is 0 Å². The Labute approximate surface area is 151 Å². The quantitative estimate of drug-likeness (QED) is 0.409. The summed E-state index contributed by atoms with van der Waals surface area (Å²) < 4.78 is 34.8. The Balaban J connectivity index is 1.50. The molecule has 3 rings (SSSR count). The van der Waals surface area contributed by atoms with Gasteiger partial charge in [-0.3, -0.25) is 14.2 Å². The molecule has 0 aromatic heterocycles. The molecule has 3 aliphatic heterocycles. The van der Waals surface area contributed by atoms with Crippen LogP contribution in [0.1, 0.15) is 38.5 Å². The fraction of sp³-hybridized carbons (Fsp3) is 0.857. The molecule has 0 radical (unpaired) electrons. The van der Waals surface area contributed by atoms with Crippen molar-refractivity contribution in [2.45, 2.75) is 56.7 Å². The molecular formula is C14H24N4O7S.